The molecule has 0 radical (unpaired) electrons. The van der Waals surface area contributed by atoms with Crippen LogP contribution in [-0.4, -0.2) is 19.5 Å². The van der Waals surface area contributed by atoms with Gasteiger partial charge in [-0.2, -0.15) is 0 Å². The van der Waals surface area contributed by atoms with E-state index < -0.39 is 0 Å². The first kappa shape index (κ1) is 35.5. The molecule has 0 bridgehead atoms. The normalized spacial score (nSPS) is 11.5. The van der Waals surface area contributed by atoms with Gasteiger partial charge in [-0.3, -0.25) is 0 Å². The molecule has 0 aliphatic rings. The molecule has 0 spiro atoms. The quantitative estimate of drug-likeness (QED) is 0.161. The number of nitrogens with zero attached hydrogens (tertiary/aromatic N) is 4. The molecule has 290 valence electrons. The Balaban J connectivity index is 0.965. The van der Waals surface area contributed by atoms with E-state index in [1.54, 1.807) is 0 Å². The summed E-state index contributed by atoms with van der Waals surface area (Å²) in [7, 11) is 0. The molecule has 0 unspecified atom stereocenters. The van der Waals surface area contributed by atoms with Crippen LogP contribution in [0.25, 0.3) is 117 Å². The summed E-state index contributed by atoms with van der Waals surface area (Å²) in [4.78, 5) is 15.4. The fourth-order valence-corrected chi connectivity index (χ4v) is 8.81. The van der Waals surface area contributed by atoms with Crippen molar-refractivity contribution < 1.29 is 4.42 Å². The smallest absolute Gasteiger partial charge is 0.164 e. The Morgan fingerprint density at radius 2 is 0.726 bits per heavy atom. The maximum Gasteiger partial charge on any atom is 0.164 e. The molecule has 3 heterocycles. The van der Waals surface area contributed by atoms with Crippen LogP contribution in [0.4, 0.5) is 0 Å². The topological polar surface area (TPSA) is 56.7 Å². The van der Waals surface area contributed by atoms with E-state index in [9.17, 15) is 0 Å². The second-order valence-electron chi connectivity index (χ2n) is 15.6. The second kappa shape index (κ2) is 14.7. The summed E-state index contributed by atoms with van der Waals surface area (Å²) in [6.07, 6.45) is 0. The number of aromatic nitrogens is 4. The summed E-state index contributed by atoms with van der Waals surface area (Å²) in [6, 6.07) is 76.3. The zero-order chi connectivity index (χ0) is 41.0. The van der Waals surface area contributed by atoms with Gasteiger partial charge in [0.25, 0.3) is 0 Å². The van der Waals surface area contributed by atoms with Crippen molar-refractivity contribution in [2.45, 2.75) is 0 Å². The van der Waals surface area contributed by atoms with Crippen molar-refractivity contribution >= 4 is 43.7 Å². The number of hydrogen-bond donors (Lipinski definition) is 0. The number of para-hydroxylation sites is 2. The summed E-state index contributed by atoms with van der Waals surface area (Å²) in [6.45, 7) is 0. The van der Waals surface area contributed by atoms with Crippen LogP contribution in [0.3, 0.4) is 0 Å². The third kappa shape index (κ3) is 6.23. The molecule has 62 heavy (non-hydrogen) atoms. The summed E-state index contributed by atoms with van der Waals surface area (Å²) < 4.78 is 9.02. The monoisotopic (exact) mass is 792 g/mol. The zero-order valence-corrected chi connectivity index (χ0v) is 33.5. The molecule has 0 N–H and O–H groups in total. The maximum absolute atomic E-state index is 6.68. The van der Waals surface area contributed by atoms with E-state index in [4.69, 9.17) is 19.4 Å². The number of fused-ring (bicyclic) bond motifs is 6. The van der Waals surface area contributed by atoms with Crippen LogP contribution in [0.2, 0.25) is 0 Å². The number of hydrogen-bond acceptors (Lipinski definition) is 4. The van der Waals surface area contributed by atoms with E-state index in [0.717, 1.165) is 77.7 Å². The van der Waals surface area contributed by atoms with Crippen molar-refractivity contribution in [2.75, 3.05) is 0 Å². The third-order valence-corrected chi connectivity index (χ3v) is 11.8. The lowest BCUT2D eigenvalue weighted by Gasteiger charge is -2.12. The lowest BCUT2D eigenvalue weighted by molar-refractivity contribution is 0.669. The van der Waals surface area contributed by atoms with Crippen molar-refractivity contribution in [1.29, 1.82) is 0 Å². The van der Waals surface area contributed by atoms with Gasteiger partial charge in [0.2, 0.25) is 0 Å². The van der Waals surface area contributed by atoms with Gasteiger partial charge in [0.15, 0.2) is 17.5 Å². The minimum absolute atomic E-state index is 0.575. The van der Waals surface area contributed by atoms with Gasteiger partial charge >= 0.3 is 0 Å². The van der Waals surface area contributed by atoms with E-state index in [2.05, 4.69) is 180 Å². The molecule has 3 aromatic heterocycles. The molecule has 0 atom stereocenters. The summed E-state index contributed by atoms with van der Waals surface area (Å²) in [5.41, 5.74) is 14.4. The molecule has 5 nitrogen and oxygen atoms in total. The van der Waals surface area contributed by atoms with Crippen molar-refractivity contribution in [3.8, 4) is 73.2 Å². The molecule has 5 heteroatoms. The number of furan rings is 1. The molecule has 9 aromatic carbocycles. The van der Waals surface area contributed by atoms with Gasteiger partial charge in [-0.1, -0.05) is 146 Å². The molecule has 12 aromatic rings. The van der Waals surface area contributed by atoms with Crippen LogP contribution in [-0.2, 0) is 0 Å². The first-order valence-corrected chi connectivity index (χ1v) is 20.8. The van der Waals surface area contributed by atoms with E-state index in [-0.39, 0.29) is 0 Å². The molecule has 0 aliphatic heterocycles. The standard InChI is InChI=1S/C57H36N4O/c1-5-15-37(16-6-1)43-31-44(38-17-7-2-8-18-38)33-45(32-43)57-59-55(39-19-9-3-10-20-39)58-56(60-57)42-26-29-49-48-28-25-41(35-53(48)62-54(49)36-42)40-27-30-52-50(34-40)47-23-13-14-24-51(47)61(52)46-21-11-4-12-22-46/h1-36H. The van der Waals surface area contributed by atoms with Gasteiger partial charge in [-0.05, 0) is 106 Å². The molecular formula is C57H36N4O. The minimum Gasteiger partial charge on any atom is -0.456 e. The largest absolute Gasteiger partial charge is 0.456 e. The second-order valence-corrected chi connectivity index (χ2v) is 15.6. The number of benzene rings is 9. The first-order valence-electron chi connectivity index (χ1n) is 20.8. The highest BCUT2D eigenvalue weighted by molar-refractivity contribution is 6.11. The molecule has 0 saturated heterocycles. The highest BCUT2D eigenvalue weighted by Gasteiger charge is 2.18. The highest BCUT2D eigenvalue weighted by atomic mass is 16.3. The van der Waals surface area contributed by atoms with Gasteiger partial charge in [-0.15, -0.1) is 0 Å². The minimum atomic E-state index is 0.575. The van der Waals surface area contributed by atoms with Crippen LogP contribution in [0.1, 0.15) is 0 Å². The lowest BCUT2D eigenvalue weighted by atomic mass is 9.96. The Morgan fingerprint density at radius 3 is 1.37 bits per heavy atom. The van der Waals surface area contributed by atoms with Gasteiger partial charge in [-0.25, -0.2) is 15.0 Å². The molecule has 12 rings (SSSR count). The van der Waals surface area contributed by atoms with Crippen LogP contribution in [0.15, 0.2) is 223 Å². The average Bonchev–Trinajstić information content (AvgIpc) is 3.89. The van der Waals surface area contributed by atoms with E-state index in [1.807, 2.05) is 42.5 Å². The summed E-state index contributed by atoms with van der Waals surface area (Å²) in [5, 5.41) is 4.54. The van der Waals surface area contributed by atoms with Crippen LogP contribution < -0.4 is 0 Å². The Labute approximate surface area is 357 Å². The van der Waals surface area contributed by atoms with E-state index in [0.29, 0.717) is 17.5 Å². The summed E-state index contributed by atoms with van der Waals surface area (Å²) >= 11 is 0. The van der Waals surface area contributed by atoms with Gasteiger partial charge < -0.3 is 8.98 Å². The van der Waals surface area contributed by atoms with Crippen LogP contribution >= 0.6 is 0 Å². The van der Waals surface area contributed by atoms with E-state index >= 15 is 0 Å². The van der Waals surface area contributed by atoms with Gasteiger partial charge in [0.05, 0.1) is 11.0 Å². The summed E-state index contributed by atoms with van der Waals surface area (Å²) in [5.74, 6) is 1.78. The molecule has 0 amide bonds. The highest BCUT2D eigenvalue weighted by Crippen LogP contribution is 2.39. The molecule has 0 fully saturated rings. The Morgan fingerprint density at radius 1 is 0.274 bits per heavy atom. The van der Waals surface area contributed by atoms with E-state index in [1.165, 1.54) is 21.8 Å². The lowest BCUT2D eigenvalue weighted by Crippen LogP contribution is -2.00. The van der Waals surface area contributed by atoms with Gasteiger partial charge in [0, 0.05) is 43.9 Å². The Hall–Kier alpha value is -8.41. The first-order chi connectivity index (χ1) is 30.7. The average molecular weight is 793 g/mol. The van der Waals surface area contributed by atoms with Crippen molar-refractivity contribution in [3.63, 3.8) is 0 Å². The molecular weight excluding hydrogens is 757 g/mol. The molecule has 0 aliphatic carbocycles. The van der Waals surface area contributed by atoms with Crippen LogP contribution in [0, 0.1) is 0 Å². The third-order valence-electron chi connectivity index (χ3n) is 11.8. The van der Waals surface area contributed by atoms with Crippen LogP contribution in [0.5, 0.6) is 0 Å². The number of rotatable bonds is 7. The SMILES string of the molecule is c1ccc(-c2cc(-c3ccccc3)cc(-c3nc(-c4ccccc4)nc(-c4ccc5c(c4)oc4cc(-c6ccc7c(c6)c6ccccc6n7-c6ccccc6)ccc45)n3)c2)cc1. The maximum atomic E-state index is 6.68. The van der Waals surface area contributed by atoms with Crippen molar-refractivity contribution in [1.82, 2.24) is 19.5 Å². The Bertz CT molecular complexity index is 3560. The fraction of sp³-hybridized carbons (Fsp3) is 0. The van der Waals surface area contributed by atoms with Crippen molar-refractivity contribution in [3.05, 3.63) is 218 Å². The Kier molecular flexibility index (Phi) is 8.42. The van der Waals surface area contributed by atoms with Gasteiger partial charge in [0.1, 0.15) is 11.2 Å². The van der Waals surface area contributed by atoms with Crippen molar-refractivity contribution in [2.24, 2.45) is 0 Å². The fourth-order valence-electron chi connectivity index (χ4n) is 8.81. The zero-order valence-electron chi connectivity index (χ0n) is 33.5. The molecule has 0 saturated carbocycles. The predicted molar refractivity (Wildman–Crippen MR) is 254 cm³/mol. The predicted octanol–water partition coefficient (Wildman–Crippen LogP) is 14.9.